The van der Waals surface area contributed by atoms with Crippen LogP contribution < -0.4 is 5.32 Å². The summed E-state index contributed by atoms with van der Waals surface area (Å²) in [6.07, 6.45) is 2.32. The largest absolute Gasteiger partial charge is 0.337 e. The number of amides is 4. The van der Waals surface area contributed by atoms with Crippen molar-refractivity contribution in [3.8, 4) is 0 Å². The summed E-state index contributed by atoms with van der Waals surface area (Å²) in [5.41, 5.74) is -0.519. The second kappa shape index (κ2) is 8.75. The number of hydrogen-bond donors (Lipinski definition) is 1. The Hall–Kier alpha value is -2.42. The van der Waals surface area contributed by atoms with Crippen LogP contribution in [-0.2, 0) is 25.0 Å². The molecule has 0 spiro atoms. The van der Waals surface area contributed by atoms with Crippen molar-refractivity contribution in [2.75, 3.05) is 24.6 Å². The van der Waals surface area contributed by atoms with Crippen LogP contribution in [0, 0.1) is 0 Å². The molecule has 2 saturated heterocycles. The Morgan fingerprint density at radius 3 is 2.50 bits per heavy atom. The summed E-state index contributed by atoms with van der Waals surface area (Å²) in [7, 11) is -3.16. The topological polar surface area (TPSA) is 104 Å². The lowest BCUT2D eigenvalue weighted by molar-refractivity contribution is -0.140. The minimum Gasteiger partial charge on any atom is -0.337 e. The van der Waals surface area contributed by atoms with Gasteiger partial charge in [-0.2, -0.15) is 0 Å². The van der Waals surface area contributed by atoms with Crippen LogP contribution in [0.15, 0.2) is 30.3 Å². The molecule has 4 amide bonds. The maximum Gasteiger partial charge on any atom is 0.325 e. The molecule has 0 radical (unpaired) electrons. The van der Waals surface area contributed by atoms with Crippen molar-refractivity contribution in [2.45, 2.75) is 51.1 Å². The van der Waals surface area contributed by atoms with E-state index in [0.29, 0.717) is 24.9 Å². The molecule has 2 aliphatic heterocycles. The Kier molecular flexibility index (Phi) is 6.50. The zero-order chi connectivity index (χ0) is 21.9. The molecule has 30 heavy (non-hydrogen) atoms. The average molecular weight is 436 g/mol. The lowest BCUT2D eigenvalue weighted by Gasteiger charge is -2.30. The number of imide groups is 1. The highest BCUT2D eigenvalue weighted by Crippen LogP contribution is 2.32. The molecule has 8 nitrogen and oxygen atoms in total. The summed E-state index contributed by atoms with van der Waals surface area (Å²) in [6, 6.07) is 7.98. The molecule has 2 heterocycles. The molecule has 0 bridgehead atoms. The highest BCUT2D eigenvalue weighted by molar-refractivity contribution is 7.91. The van der Waals surface area contributed by atoms with Crippen molar-refractivity contribution in [1.82, 2.24) is 15.1 Å². The van der Waals surface area contributed by atoms with Crippen molar-refractivity contribution in [3.05, 3.63) is 35.9 Å². The number of rotatable bonds is 8. The quantitative estimate of drug-likeness (QED) is 0.626. The third-order valence-electron chi connectivity index (χ3n) is 5.99. The molecule has 2 aliphatic rings. The van der Waals surface area contributed by atoms with E-state index in [9.17, 15) is 22.8 Å². The standard InChI is InChI=1S/C21H29N3O5S/c1-3-5-12-23(17-11-13-30(28,29)15-17)18(25)14-24-19(26)21(4-2,22-20(24)27)16-9-7-6-8-10-16/h6-10,17H,3-5,11-15H2,1-2H3,(H,22,27)/t17-,21+/m1/s1. The number of carbonyl (C=O) groups is 3. The number of unbranched alkanes of at least 4 members (excludes halogenated alkanes) is 1. The summed E-state index contributed by atoms with van der Waals surface area (Å²) >= 11 is 0. The number of carbonyl (C=O) groups excluding carboxylic acids is 3. The average Bonchev–Trinajstić information content (AvgIpc) is 3.20. The Morgan fingerprint density at radius 2 is 1.93 bits per heavy atom. The molecule has 0 aromatic heterocycles. The molecule has 1 aromatic carbocycles. The van der Waals surface area contributed by atoms with Gasteiger partial charge in [0.2, 0.25) is 5.91 Å². The Bertz CT molecular complexity index is 918. The van der Waals surface area contributed by atoms with E-state index in [-0.39, 0.29) is 18.1 Å². The molecule has 0 saturated carbocycles. The summed E-state index contributed by atoms with van der Waals surface area (Å²) in [4.78, 5) is 41.5. The third-order valence-corrected chi connectivity index (χ3v) is 7.74. The van der Waals surface area contributed by atoms with E-state index in [1.165, 1.54) is 0 Å². The van der Waals surface area contributed by atoms with Gasteiger partial charge in [-0.05, 0) is 24.8 Å². The van der Waals surface area contributed by atoms with Gasteiger partial charge in [-0.25, -0.2) is 13.2 Å². The summed E-state index contributed by atoms with van der Waals surface area (Å²) in [6.45, 7) is 3.82. The van der Waals surface area contributed by atoms with Gasteiger partial charge in [0, 0.05) is 12.6 Å². The molecule has 1 N–H and O–H groups in total. The molecule has 2 fully saturated rings. The molecular formula is C21H29N3O5S. The number of hydrogen-bond acceptors (Lipinski definition) is 5. The van der Waals surface area contributed by atoms with Crippen molar-refractivity contribution in [2.24, 2.45) is 0 Å². The van der Waals surface area contributed by atoms with E-state index in [1.807, 2.05) is 19.9 Å². The molecule has 1 aromatic rings. The van der Waals surface area contributed by atoms with Crippen LogP contribution >= 0.6 is 0 Å². The van der Waals surface area contributed by atoms with Crippen LogP contribution in [0.1, 0.15) is 45.1 Å². The van der Waals surface area contributed by atoms with Crippen LogP contribution in [0.5, 0.6) is 0 Å². The molecule has 9 heteroatoms. The minimum atomic E-state index is -3.16. The van der Waals surface area contributed by atoms with E-state index < -0.39 is 39.3 Å². The first-order chi connectivity index (χ1) is 14.2. The van der Waals surface area contributed by atoms with Gasteiger partial charge in [-0.3, -0.25) is 14.5 Å². The summed E-state index contributed by atoms with van der Waals surface area (Å²) in [5.74, 6) is -0.854. The predicted molar refractivity (Wildman–Crippen MR) is 112 cm³/mol. The first kappa shape index (κ1) is 22.3. The second-order valence-corrected chi connectivity index (χ2v) is 10.2. The van der Waals surface area contributed by atoms with Crippen LogP contribution in [0.2, 0.25) is 0 Å². The van der Waals surface area contributed by atoms with Gasteiger partial charge >= 0.3 is 6.03 Å². The van der Waals surface area contributed by atoms with Crippen LogP contribution in [-0.4, -0.2) is 66.7 Å². The number of sulfone groups is 1. The molecule has 3 rings (SSSR count). The van der Waals surface area contributed by atoms with Gasteiger partial charge in [0.05, 0.1) is 11.5 Å². The molecule has 0 aliphatic carbocycles. The zero-order valence-electron chi connectivity index (χ0n) is 17.5. The fourth-order valence-corrected chi connectivity index (χ4v) is 5.95. The highest BCUT2D eigenvalue weighted by atomic mass is 32.2. The fourth-order valence-electron chi connectivity index (χ4n) is 4.22. The monoisotopic (exact) mass is 435 g/mol. The van der Waals surface area contributed by atoms with Crippen LogP contribution in [0.25, 0.3) is 0 Å². The van der Waals surface area contributed by atoms with Gasteiger partial charge in [0.25, 0.3) is 5.91 Å². The van der Waals surface area contributed by atoms with E-state index >= 15 is 0 Å². The van der Waals surface area contributed by atoms with Crippen molar-refractivity contribution in [3.63, 3.8) is 0 Å². The van der Waals surface area contributed by atoms with Gasteiger partial charge in [-0.1, -0.05) is 50.6 Å². The zero-order valence-corrected chi connectivity index (χ0v) is 18.3. The van der Waals surface area contributed by atoms with Crippen molar-refractivity contribution >= 4 is 27.7 Å². The number of benzene rings is 1. The van der Waals surface area contributed by atoms with Gasteiger partial charge in [0.15, 0.2) is 9.84 Å². The maximum atomic E-state index is 13.2. The molecule has 164 valence electrons. The van der Waals surface area contributed by atoms with Crippen molar-refractivity contribution in [1.29, 1.82) is 0 Å². The number of nitrogens with zero attached hydrogens (tertiary/aromatic N) is 2. The van der Waals surface area contributed by atoms with E-state index in [0.717, 1.165) is 17.7 Å². The Morgan fingerprint density at radius 1 is 1.23 bits per heavy atom. The van der Waals surface area contributed by atoms with Crippen molar-refractivity contribution < 1.29 is 22.8 Å². The van der Waals surface area contributed by atoms with E-state index in [4.69, 9.17) is 0 Å². The third kappa shape index (κ3) is 4.21. The molecule has 2 atom stereocenters. The van der Waals surface area contributed by atoms with Gasteiger partial charge in [-0.15, -0.1) is 0 Å². The number of urea groups is 1. The summed E-state index contributed by atoms with van der Waals surface area (Å²) < 4.78 is 23.8. The lowest BCUT2D eigenvalue weighted by Crippen LogP contribution is -2.49. The summed E-state index contributed by atoms with van der Waals surface area (Å²) in [5, 5.41) is 2.77. The predicted octanol–water partition coefficient (Wildman–Crippen LogP) is 1.66. The minimum absolute atomic E-state index is 0.0592. The smallest absolute Gasteiger partial charge is 0.325 e. The Labute approximate surface area is 177 Å². The fraction of sp³-hybridized carbons (Fsp3) is 0.571. The van der Waals surface area contributed by atoms with E-state index in [1.54, 1.807) is 29.2 Å². The normalized spacial score (nSPS) is 25.4. The molecule has 0 unspecified atom stereocenters. The number of nitrogens with one attached hydrogen (secondary N) is 1. The molecular weight excluding hydrogens is 406 g/mol. The second-order valence-electron chi connectivity index (χ2n) is 7.94. The maximum absolute atomic E-state index is 13.2. The van der Waals surface area contributed by atoms with E-state index in [2.05, 4.69) is 5.32 Å². The van der Waals surface area contributed by atoms with Gasteiger partial charge < -0.3 is 10.2 Å². The first-order valence-corrected chi connectivity index (χ1v) is 12.3. The van der Waals surface area contributed by atoms with Crippen LogP contribution in [0.4, 0.5) is 4.79 Å². The lowest BCUT2D eigenvalue weighted by atomic mass is 9.87. The first-order valence-electron chi connectivity index (χ1n) is 10.4. The highest BCUT2D eigenvalue weighted by Gasteiger charge is 2.52. The SMILES string of the molecule is CCCCN(C(=O)CN1C(=O)N[C@@](CC)(c2ccccc2)C1=O)[C@@H]1CCS(=O)(=O)C1. The van der Waals surface area contributed by atoms with Gasteiger partial charge in [0.1, 0.15) is 12.1 Å². The van der Waals surface area contributed by atoms with Crippen LogP contribution in [0.3, 0.4) is 0 Å². The Balaban J connectivity index is 1.80.